The standard InChI is InChI=1S/2C15H31O3P.4CH2O.W/c2*1-4-5-6-7-8-9-10-11-12-16-19-17-13-15(2,3)14-18-19;4*1-2;/h2*4-14H2,1-3H3;4*1H2;. The van der Waals surface area contributed by atoms with Crippen molar-refractivity contribution in [1.29, 1.82) is 0 Å². The summed E-state index contributed by atoms with van der Waals surface area (Å²) in [7, 11) is -2.13. The number of carbonyl (C=O) groups is 4. The van der Waals surface area contributed by atoms with E-state index in [1.807, 2.05) is 27.2 Å². The summed E-state index contributed by atoms with van der Waals surface area (Å²) >= 11 is 0. The zero-order valence-electron chi connectivity index (χ0n) is 30.8. The van der Waals surface area contributed by atoms with E-state index in [2.05, 4.69) is 41.5 Å². The molecule has 0 aromatic rings. The fourth-order valence-corrected chi connectivity index (χ4v) is 6.79. The second-order valence-electron chi connectivity index (χ2n) is 12.5. The van der Waals surface area contributed by atoms with Gasteiger partial charge in [0.05, 0.1) is 39.6 Å². The van der Waals surface area contributed by atoms with E-state index >= 15 is 0 Å². The maximum absolute atomic E-state index is 8.00. The molecule has 47 heavy (non-hydrogen) atoms. The van der Waals surface area contributed by atoms with Crippen LogP contribution in [0.15, 0.2) is 0 Å². The minimum atomic E-state index is -1.06. The monoisotopic (exact) mass is 884 g/mol. The van der Waals surface area contributed by atoms with Crippen molar-refractivity contribution in [2.24, 2.45) is 10.8 Å². The van der Waals surface area contributed by atoms with Gasteiger partial charge in [-0.2, -0.15) is 0 Å². The molecule has 10 nitrogen and oxygen atoms in total. The van der Waals surface area contributed by atoms with Crippen LogP contribution in [-0.4, -0.2) is 66.8 Å². The fourth-order valence-electron chi connectivity index (χ4n) is 3.97. The van der Waals surface area contributed by atoms with Gasteiger partial charge in [0.2, 0.25) is 0 Å². The third kappa shape index (κ3) is 42.1. The van der Waals surface area contributed by atoms with E-state index < -0.39 is 17.2 Å². The summed E-state index contributed by atoms with van der Waals surface area (Å²) in [6, 6.07) is 0. The van der Waals surface area contributed by atoms with Crippen LogP contribution in [0.4, 0.5) is 0 Å². The van der Waals surface area contributed by atoms with Crippen molar-refractivity contribution in [3.8, 4) is 0 Å². The van der Waals surface area contributed by atoms with E-state index in [1.54, 1.807) is 0 Å². The minimum Gasteiger partial charge on any atom is -0.312 e. The first-order chi connectivity index (χ1) is 22.3. The molecule has 0 atom stereocenters. The van der Waals surface area contributed by atoms with Crippen molar-refractivity contribution in [2.45, 2.75) is 144 Å². The summed E-state index contributed by atoms with van der Waals surface area (Å²) in [4.78, 5) is 32.0. The summed E-state index contributed by atoms with van der Waals surface area (Å²) in [5.41, 5.74) is 0.279. The molecular weight excluding hydrogens is 814 g/mol. The second-order valence-corrected chi connectivity index (χ2v) is 14.9. The Hall–Kier alpha value is -0.0117. The minimum absolute atomic E-state index is 0. The Morgan fingerprint density at radius 1 is 0.447 bits per heavy atom. The molecule has 2 heterocycles. The van der Waals surface area contributed by atoms with Gasteiger partial charge < -0.3 is 46.3 Å². The summed E-state index contributed by atoms with van der Waals surface area (Å²) in [5, 5.41) is 0. The molecule has 2 rings (SSSR count). The van der Waals surface area contributed by atoms with Gasteiger partial charge in [-0.15, -0.1) is 0 Å². The van der Waals surface area contributed by atoms with Gasteiger partial charge in [-0.1, -0.05) is 131 Å². The molecule has 2 saturated heterocycles. The molecule has 2 aliphatic heterocycles. The van der Waals surface area contributed by atoms with Crippen molar-refractivity contribution in [3.63, 3.8) is 0 Å². The van der Waals surface area contributed by atoms with Gasteiger partial charge in [0.25, 0.3) is 0 Å². The van der Waals surface area contributed by atoms with Crippen LogP contribution in [0.3, 0.4) is 0 Å². The molecule has 0 N–H and O–H groups in total. The molecule has 2 fully saturated rings. The van der Waals surface area contributed by atoms with E-state index in [4.69, 9.17) is 46.3 Å². The van der Waals surface area contributed by atoms with Gasteiger partial charge in [0, 0.05) is 31.9 Å². The Labute approximate surface area is 305 Å². The van der Waals surface area contributed by atoms with Gasteiger partial charge in [-0.3, -0.25) is 0 Å². The van der Waals surface area contributed by atoms with Crippen LogP contribution in [0.25, 0.3) is 0 Å². The second kappa shape index (κ2) is 44.0. The first-order valence-electron chi connectivity index (χ1n) is 16.8. The van der Waals surface area contributed by atoms with Gasteiger partial charge in [-0.05, 0) is 12.8 Å². The van der Waals surface area contributed by atoms with Crippen molar-refractivity contribution in [2.75, 3.05) is 39.6 Å². The van der Waals surface area contributed by atoms with Crippen LogP contribution >= 0.6 is 17.2 Å². The summed E-state index contributed by atoms with van der Waals surface area (Å²) in [6.07, 6.45) is 21.2. The van der Waals surface area contributed by atoms with Crippen molar-refractivity contribution >= 4 is 44.4 Å². The number of carbonyl (C=O) groups excluding carboxylic acids is 4. The third-order valence-corrected chi connectivity index (χ3v) is 8.78. The molecule has 0 unspecified atom stereocenters. The van der Waals surface area contributed by atoms with Crippen molar-refractivity contribution < 1.29 is 67.4 Å². The average Bonchev–Trinajstić information content (AvgIpc) is 3.08. The van der Waals surface area contributed by atoms with Crippen LogP contribution in [0, 0.1) is 10.8 Å². The van der Waals surface area contributed by atoms with E-state index in [-0.39, 0.29) is 31.9 Å². The largest absolute Gasteiger partial charge is 0.332 e. The van der Waals surface area contributed by atoms with Gasteiger partial charge in [0.1, 0.15) is 27.2 Å². The molecule has 0 spiro atoms. The topological polar surface area (TPSA) is 124 Å². The Balaban J connectivity index is -0.000000202. The quantitative estimate of drug-likeness (QED) is 0.0862. The van der Waals surface area contributed by atoms with E-state index in [0.717, 1.165) is 52.5 Å². The zero-order chi connectivity index (χ0) is 36.0. The molecule has 0 aromatic heterocycles. The summed E-state index contributed by atoms with van der Waals surface area (Å²) in [5.74, 6) is 0. The molecule has 0 amide bonds. The van der Waals surface area contributed by atoms with Gasteiger partial charge >= 0.3 is 17.2 Å². The predicted molar refractivity (Wildman–Crippen MR) is 191 cm³/mol. The van der Waals surface area contributed by atoms with E-state index in [9.17, 15) is 0 Å². The smallest absolute Gasteiger partial charge is 0.312 e. The van der Waals surface area contributed by atoms with Crippen molar-refractivity contribution in [1.82, 2.24) is 0 Å². The summed E-state index contributed by atoms with van der Waals surface area (Å²) < 4.78 is 33.6. The molecule has 13 heteroatoms. The fraction of sp³-hybridized carbons (Fsp3) is 0.882. The molecule has 0 bridgehead atoms. The SMILES string of the molecule is C=O.C=O.C=O.C=O.CCCCCCCCCCOP1OCC(C)(C)CO1.CCCCCCCCCCOP1OCC(C)(C)CO1.[W]. The van der Waals surface area contributed by atoms with Gasteiger partial charge in [-0.25, -0.2) is 0 Å². The third-order valence-electron chi connectivity index (χ3n) is 6.63. The molecule has 2 aliphatic rings. The maximum atomic E-state index is 8.00. The van der Waals surface area contributed by atoms with Crippen LogP contribution in [0.2, 0.25) is 0 Å². The first kappa shape index (κ1) is 56.4. The molecular formula is C34H70O10P2W. The first-order valence-corrected chi connectivity index (χ1v) is 19.0. The van der Waals surface area contributed by atoms with Crippen molar-refractivity contribution in [3.05, 3.63) is 0 Å². The molecule has 282 valence electrons. The Morgan fingerprint density at radius 2 is 0.660 bits per heavy atom. The Bertz CT molecular complexity index is 535. The maximum Gasteiger partial charge on any atom is 0.332 e. The molecule has 0 radical (unpaired) electrons. The molecule has 0 aromatic carbocycles. The van der Waals surface area contributed by atoms with E-state index in [1.165, 1.54) is 89.9 Å². The average molecular weight is 885 g/mol. The zero-order valence-corrected chi connectivity index (χ0v) is 35.5. The van der Waals surface area contributed by atoms with Crippen LogP contribution in [0.1, 0.15) is 144 Å². The summed E-state index contributed by atoms with van der Waals surface area (Å²) in [6.45, 7) is 25.7. The molecule has 0 saturated carbocycles. The van der Waals surface area contributed by atoms with Crippen LogP contribution in [-0.2, 0) is 67.4 Å². The molecule has 0 aliphatic carbocycles. The predicted octanol–water partition coefficient (Wildman–Crippen LogP) is 10.1. The normalized spacial score (nSPS) is 16.3. The number of hydrogen-bond donors (Lipinski definition) is 0. The Morgan fingerprint density at radius 3 is 0.894 bits per heavy atom. The van der Waals surface area contributed by atoms with Gasteiger partial charge in [0.15, 0.2) is 0 Å². The number of rotatable bonds is 20. The van der Waals surface area contributed by atoms with Crippen LogP contribution < -0.4 is 0 Å². The van der Waals surface area contributed by atoms with Crippen LogP contribution in [0.5, 0.6) is 0 Å². The Kier molecular flexibility index (Phi) is 52.8. The number of hydrogen-bond acceptors (Lipinski definition) is 10. The number of unbranched alkanes of at least 4 members (excludes halogenated alkanes) is 14. The van der Waals surface area contributed by atoms with E-state index in [0.29, 0.717) is 0 Å².